The molecule has 3 rings (SSSR count). The molecule has 0 amide bonds. The molecule has 7 heteroatoms. The normalized spacial score (nSPS) is 13.4. The Morgan fingerprint density at radius 3 is 2.68 bits per heavy atom. The highest BCUT2D eigenvalue weighted by Crippen LogP contribution is 2.27. The number of aromatic nitrogens is 2. The number of benzene rings is 2. The van der Waals surface area contributed by atoms with Gasteiger partial charge in [0.05, 0.1) is 28.8 Å². The van der Waals surface area contributed by atoms with E-state index >= 15 is 0 Å². The van der Waals surface area contributed by atoms with E-state index in [0.29, 0.717) is 33.3 Å². The average Bonchev–Trinajstić information content (AvgIpc) is 2.67. The van der Waals surface area contributed by atoms with Gasteiger partial charge < -0.3 is 4.74 Å². The van der Waals surface area contributed by atoms with Gasteiger partial charge >= 0.3 is 0 Å². The van der Waals surface area contributed by atoms with Crippen LogP contribution >= 0.6 is 23.4 Å². The molecule has 0 saturated heterocycles. The number of para-hydroxylation sites is 1. The van der Waals surface area contributed by atoms with Crippen LogP contribution in [0.2, 0.25) is 5.02 Å². The van der Waals surface area contributed by atoms with Crippen LogP contribution in [0.3, 0.4) is 0 Å². The Morgan fingerprint density at radius 2 is 1.96 bits per heavy atom. The van der Waals surface area contributed by atoms with Crippen molar-refractivity contribution in [2.24, 2.45) is 0 Å². The molecule has 0 aliphatic carbocycles. The van der Waals surface area contributed by atoms with Gasteiger partial charge in [-0.25, -0.2) is 4.98 Å². The van der Waals surface area contributed by atoms with E-state index in [1.807, 2.05) is 19.1 Å². The molecule has 0 radical (unpaired) electrons. The second-order valence-electron chi connectivity index (χ2n) is 6.53. The topological polar surface area (TPSA) is 61.2 Å². The maximum atomic E-state index is 13.1. The molecule has 2 aromatic carbocycles. The van der Waals surface area contributed by atoms with Crippen molar-refractivity contribution >= 4 is 40.0 Å². The first-order valence-corrected chi connectivity index (χ1v) is 10.1. The number of hydrogen-bond acceptors (Lipinski definition) is 5. The predicted octanol–water partition coefficient (Wildman–Crippen LogP) is 4.62. The summed E-state index contributed by atoms with van der Waals surface area (Å²) in [6.07, 6.45) is 0. The standard InChI is InChI=1S/C21H21ClN2O3S/c1-13(12-27-3)24-20(26)17-9-4-5-10-18(17)23-21(24)28-14(2)19(25)15-7-6-8-16(22)11-15/h4-11,13-14H,12H2,1-3H3/t13-,14-/m1/s1. The molecule has 0 bridgehead atoms. The zero-order chi connectivity index (χ0) is 20.3. The molecule has 5 nitrogen and oxygen atoms in total. The van der Waals surface area contributed by atoms with Gasteiger partial charge in [0.2, 0.25) is 0 Å². The molecule has 146 valence electrons. The van der Waals surface area contributed by atoms with Crippen LogP contribution in [0.25, 0.3) is 10.9 Å². The number of fused-ring (bicyclic) bond motifs is 1. The van der Waals surface area contributed by atoms with E-state index in [4.69, 9.17) is 16.3 Å². The van der Waals surface area contributed by atoms with E-state index in [1.54, 1.807) is 55.0 Å². The Balaban J connectivity index is 2.02. The van der Waals surface area contributed by atoms with Gasteiger partial charge in [-0.15, -0.1) is 0 Å². The van der Waals surface area contributed by atoms with Crippen molar-refractivity contribution in [3.8, 4) is 0 Å². The van der Waals surface area contributed by atoms with Crippen LogP contribution in [0.4, 0.5) is 0 Å². The van der Waals surface area contributed by atoms with E-state index in [1.165, 1.54) is 11.8 Å². The fourth-order valence-electron chi connectivity index (χ4n) is 3.00. The summed E-state index contributed by atoms with van der Waals surface area (Å²) in [5.41, 5.74) is 1.01. The van der Waals surface area contributed by atoms with Crippen molar-refractivity contribution in [3.63, 3.8) is 0 Å². The van der Waals surface area contributed by atoms with Gasteiger partial charge in [-0.3, -0.25) is 14.2 Å². The van der Waals surface area contributed by atoms with Crippen LogP contribution in [-0.4, -0.2) is 34.3 Å². The maximum Gasteiger partial charge on any atom is 0.262 e. The molecule has 0 spiro atoms. The van der Waals surface area contributed by atoms with Crippen LogP contribution in [0.5, 0.6) is 0 Å². The lowest BCUT2D eigenvalue weighted by Gasteiger charge is -2.20. The summed E-state index contributed by atoms with van der Waals surface area (Å²) < 4.78 is 6.85. The third kappa shape index (κ3) is 4.29. The monoisotopic (exact) mass is 416 g/mol. The molecule has 0 unspecified atom stereocenters. The van der Waals surface area contributed by atoms with Crippen LogP contribution < -0.4 is 5.56 Å². The summed E-state index contributed by atoms with van der Waals surface area (Å²) in [6, 6.07) is 13.9. The molecule has 1 aromatic heterocycles. The van der Waals surface area contributed by atoms with E-state index in [9.17, 15) is 9.59 Å². The molecule has 1 heterocycles. The number of Topliss-reactive ketones (excluding diaryl/α,β-unsaturated/α-hetero) is 1. The van der Waals surface area contributed by atoms with E-state index in [0.717, 1.165) is 0 Å². The van der Waals surface area contributed by atoms with E-state index in [2.05, 4.69) is 4.98 Å². The number of hydrogen-bond donors (Lipinski definition) is 0. The summed E-state index contributed by atoms with van der Waals surface area (Å²) in [5, 5.41) is 1.12. The van der Waals surface area contributed by atoms with Crippen LogP contribution in [0.1, 0.15) is 30.2 Å². The molecule has 3 aromatic rings. The second-order valence-corrected chi connectivity index (χ2v) is 8.27. The van der Waals surface area contributed by atoms with Gasteiger partial charge in [0.25, 0.3) is 5.56 Å². The van der Waals surface area contributed by atoms with Crippen molar-refractivity contribution in [1.29, 1.82) is 0 Å². The SMILES string of the molecule is COC[C@@H](C)n1c(S[C@H](C)C(=O)c2cccc(Cl)c2)nc2ccccc2c1=O. The van der Waals surface area contributed by atoms with Gasteiger partial charge in [0.1, 0.15) is 0 Å². The number of rotatable bonds is 7. The number of thioether (sulfide) groups is 1. The predicted molar refractivity (Wildman–Crippen MR) is 114 cm³/mol. The minimum atomic E-state index is -0.437. The first-order chi connectivity index (χ1) is 13.4. The molecule has 0 N–H and O–H groups in total. The molecular weight excluding hydrogens is 396 g/mol. The smallest absolute Gasteiger partial charge is 0.262 e. The van der Waals surface area contributed by atoms with Crippen molar-refractivity contribution < 1.29 is 9.53 Å². The second kappa shape index (κ2) is 8.90. The summed E-state index contributed by atoms with van der Waals surface area (Å²) in [7, 11) is 1.59. The van der Waals surface area contributed by atoms with E-state index < -0.39 is 5.25 Å². The van der Waals surface area contributed by atoms with Crippen molar-refractivity contribution in [3.05, 3.63) is 69.5 Å². The zero-order valence-corrected chi connectivity index (χ0v) is 17.5. The van der Waals surface area contributed by atoms with Gasteiger partial charge in [0, 0.05) is 17.7 Å². The lowest BCUT2D eigenvalue weighted by molar-refractivity contribution is 0.0993. The molecule has 0 fully saturated rings. The summed E-state index contributed by atoms with van der Waals surface area (Å²) in [6.45, 7) is 4.07. The molecule has 0 saturated carbocycles. The highest BCUT2D eigenvalue weighted by atomic mass is 35.5. The average molecular weight is 417 g/mol. The van der Waals surface area contributed by atoms with Crippen LogP contribution in [0.15, 0.2) is 58.5 Å². The van der Waals surface area contributed by atoms with Gasteiger partial charge in [0.15, 0.2) is 10.9 Å². The Bertz CT molecular complexity index is 1070. The number of ether oxygens (including phenoxy) is 1. The minimum Gasteiger partial charge on any atom is -0.383 e. The number of methoxy groups -OCH3 is 1. The van der Waals surface area contributed by atoms with Gasteiger partial charge in [-0.05, 0) is 38.1 Å². The molecular formula is C21H21ClN2O3S. The maximum absolute atomic E-state index is 13.1. The van der Waals surface area contributed by atoms with Crippen LogP contribution in [0, 0.1) is 0 Å². The molecule has 0 aliphatic rings. The fraction of sp³-hybridized carbons (Fsp3) is 0.286. The summed E-state index contributed by atoms with van der Waals surface area (Å²) in [5.74, 6) is -0.0687. The molecule has 28 heavy (non-hydrogen) atoms. The third-order valence-corrected chi connectivity index (χ3v) is 5.69. The van der Waals surface area contributed by atoms with Crippen molar-refractivity contribution in [1.82, 2.24) is 9.55 Å². The van der Waals surface area contributed by atoms with Gasteiger partial charge in [-0.1, -0.05) is 47.6 Å². The number of halogens is 1. The number of ketones is 1. The Kier molecular flexibility index (Phi) is 6.54. The summed E-state index contributed by atoms with van der Waals surface area (Å²) >= 11 is 7.28. The first-order valence-electron chi connectivity index (χ1n) is 8.89. The Labute approximate surface area is 172 Å². The first kappa shape index (κ1) is 20.6. The van der Waals surface area contributed by atoms with E-state index in [-0.39, 0.29) is 17.4 Å². The number of nitrogens with zero attached hydrogens (tertiary/aromatic N) is 2. The quantitative estimate of drug-likeness (QED) is 0.319. The lowest BCUT2D eigenvalue weighted by atomic mass is 10.1. The molecule has 0 aliphatic heterocycles. The minimum absolute atomic E-state index is 0.0687. The largest absolute Gasteiger partial charge is 0.383 e. The van der Waals surface area contributed by atoms with Crippen molar-refractivity contribution in [2.75, 3.05) is 13.7 Å². The fourth-order valence-corrected chi connectivity index (χ4v) is 4.28. The van der Waals surface area contributed by atoms with Gasteiger partial charge in [-0.2, -0.15) is 0 Å². The highest BCUT2D eigenvalue weighted by molar-refractivity contribution is 8.00. The Hall–Kier alpha value is -2.15. The Morgan fingerprint density at radius 1 is 1.21 bits per heavy atom. The van der Waals surface area contributed by atoms with Crippen LogP contribution in [-0.2, 0) is 4.74 Å². The highest BCUT2D eigenvalue weighted by Gasteiger charge is 2.22. The number of carbonyl (C=O) groups excluding carboxylic acids is 1. The number of carbonyl (C=O) groups is 1. The lowest BCUT2D eigenvalue weighted by Crippen LogP contribution is -2.29. The molecule has 2 atom stereocenters. The zero-order valence-electron chi connectivity index (χ0n) is 15.9. The summed E-state index contributed by atoms with van der Waals surface area (Å²) in [4.78, 5) is 30.6. The van der Waals surface area contributed by atoms with Crippen molar-refractivity contribution in [2.45, 2.75) is 30.3 Å². The third-order valence-electron chi connectivity index (χ3n) is 4.38.